The van der Waals surface area contributed by atoms with Crippen molar-refractivity contribution in [2.45, 2.75) is 26.2 Å². The zero-order chi connectivity index (χ0) is 19.1. The van der Waals surface area contributed by atoms with Crippen LogP contribution in [0.2, 0.25) is 0 Å². The first-order valence-corrected chi connectivity index (χ1v) is 10.4. The second kappa shape index (κ2) is 7.18. The van der Waals surface area contributed by atoms with Gasteiger partial charge in [-0.05, 0) is 31.7 Å². The predicted molar refractivity (Wildman–Crippen MR) is 110 cm³/mol. The van der Waals surface area contributed by atoms with Crippen LogP contribution in [0.15, 0.2) is 30.3 Å². The second-order valence-corrected chi connectivity index (χ2v) is 7.99. The van der Waals surface area contributed by atoms with Gasteiger partial charge in [0, 0.05) is 16.8 Å². The van der Waals surface area contributed by atoms with E-state index in [2.05, 4.69) is 46.7 Å². The quantitative estimate of drug-likeness (QED) is 0.708. The molecule has 2 aliphatic rings. The number of anilines is 1. The van der Waals surface area contributed by atoms with Crippen molar-refractivity contribution in [3.8, 4) is 11.1 Å². The van der Waals surface area contributed by atoms with Crippen molar-refractivity contribution in [2.75, 3.05) is 44.2 Å². The summed E-state index contributed by atoms with van der Waals surface area (Å²) in [7, 11) is 0. The van der Waals surface area contributed by atoms with Gasteiger partial charge < -0.3 is 14.9 Å². The fourth-order valence-electron chi connectivity index (χ4n) is 4.82. The van der Waals surface area contributed by atoms with E-state index < -0.39 is 0 Å². The Morgan fingerprint density at radius 1 is 1.11 bits per heavy atom. The normalized spacial score (nSPS) is 17.4. The van der Waals surface area contributed by atoms with Crippen molar-refractivity contribution >= 4 is 11.5 Å². The fraction of sp³-hybridized carbons (Fsp3) is 0.455. The molecule has 3 aromatic rings. The van der Waals surface area contributed by atoms with Crippen LogP contribution in [0.5, 0.6) is 0 Å². The second-order valence-electron chi connectivity index (χ2n) is 7.99. The third-order valence-electron chi connectivity index (χ3n) is 6.23. The van der Waals surface area contributed by atoms with Crippen LogP contribution in [0, 0.1) is 6.92 Å². The number of benzene rings is 1. The number of aryl methyl sites for hydroxylation is 2. The molecule has 2 N–H and O–H groups in total. The number of hydrogen-bond acceptors (Lipinski definition) is 4. The van der Waals surface area contributed by atoms with Crippen molar-refractivity contribution in [1.82, 2.24) is 14.6 Å². The van der Waals surface area contributed by atoms with Crippen molar-refractivity contribution in [3.05, 3.63) is 47.3 Å². The minimum Gasteiger partial charge on any atom is -0.391 e. The highest BCUT2D eigenvalue weighted by atomic mass is 16.3. The predicted octanol–water partition coefficient (Wildman–Crippen LogP) is 0.891. The van der Waals surface area contributed by atoms with Gasteiger partial charge in [-0.25, -0.2) is 4.98 Å². The highest BCUT2D eigenvalue weighted by Gasteiger charge is 2.29. The SMILES string of the molecule is Cc1nn2c(N3CC[NH+](CCO)CC3)c3c(nc2c1-c1ccccc1)CCC3. The first-order valence-electron chi connectivity index (χ1n) is 10.4. The highest BCUT2D eigenvalue weighted by molar-refractivity contribution is 5.81. The van der Waals surface area contributed by atoms with Crippen LogP contribution in [0.4, 0.5) is 5.82 Å². The summed E-state index contributed by atoms with van der Waals surface area (Å²) < 4.78 is 2.11. The number of aliphatic hydroxyl groups excluding tert-OH is 1. The summed E-state index contributed by atoms with van der Waals surface area (Å²) >= 11 is 0. The number of aliphatic hydroxyl groups is 1. The van der Waals surface area contributed by atoms with E-state index in [0.29, 0.717) is 0 Å². The maximum absolute atomic E-state index is 9.25. The van der Waals surface area contributed by atoms with E-state index in [9.17, 15) is 5.11 Å². The number of nitrogens with zero attached hydrogens (tertiary/aromatic N) is 4. The summed E-state index contributed by atoms with van der Waals surface area (Å²) in [4.78, 5) is 9.08. The molecule has 0 saturated carbocycles. The number of nitrogens with one attached hydrogen (secondary N) is 1. The van der Waals surface area contributed by atoms with E-state index in [-0.39, 0.29) is 6.61 Å². The summed E-state index contributed by atoms with van der Waals surface area (Å²) in [5.41, 5.74) is 7.01. The Kier molecular flexibility index (Phi) is 4.53. The van der Waals surface area contributed by atoms with Crippen molar-refractivity contribution in [3.63, 3.8) is 0 Å². The number of piperazine rings is 1. The average Bonchev–Trinajstić information content (AvgIpc) is 3.31. The molecule has 0 radical (unpaired) electrons. The van der Waals surface area contributed by atoms with Gasteiger partial charge in [0.05, 0.1) is 38.5 Å². The summed E-state index contributed by atoms with van der Waals surface area (Å²) in [6, 6.07) is 10.5. The van der Waals surface area contributed by atoms with Gasteiger partial charge >= 0.3 is 0 Å². The van der Waals surface area contributed by atoms with Gasteiger partial charge in [-0.3, -0.25) is 0 Å². The molecule has 1 saturated heterocycles. The molecule has 1 aliphatic heterocycles. The molecule has 0 amide bonds. The average molecular weight is 379 g/mol. The zero-order valence-corrected chi connectivity index (χ0v) is 16.5. The molecule has 1 aliphatic carbocycles. The number of hydrogen-bond donors (Lipinski definition) is 2. The molecule has 0 atom stereocenters. The Bertz CT molecular complexity index is 989. The summed E-state index contributed by atoms with van der Waals surface area (Å²) in [6.07, 6.45) is 3.34. The zero-order valence-electron chi connectivity index (χ0n) is 16.5. The number of aromatic nitrogens is 3. The Hall–Kier alpha value is -2.44. The van der Waals surface area contributed by atoms with E-state index in [1.165, 1.54) is 34.0 Å². The van der Waals surface area contributed by atoms with E-state index >= 15 is 0 Å². The largest absolute Gasteiger partial charge is 0.391 e. The molecule has 6 heteroatoms. The Morgan fingerprint density at radius 2 is 1.89 bits per heavy atom. The van der Waals surface area contributed by atoms with Crippen molar-refractivity contribution < 1.29 is 10.0 Å². The van der Waals surface area contributed by atoms with E-state index in [1.807, 2.05) is 0 Å². The Balaban J connectivity index is 1.63. The minimum absolute atomic E-state index is 0.267. The smallest absolute Gasteiger partial charge is 0.165 e. The minimum atomic E-state index is 0.267. The lowest BCUT2D eigenvalue weighted by molar-refractivity contribution is -0.900. The molecule has 1 fully saturated rings. The van der Waals surface area contributed by atoms with Crippen LogP contribution in [-0.4, -0.2) is 59.0 Å². The molecule has 28 heavy (non-hydrogen) atoms. The third-order valence-corrected chi connectivity index (χ3v) is 6.23. The molecule has 0 bridgehead atoms. The molecular weight excluding hydrogens is 350 g/mol. The molecular formula is C22H28N5O+. The van der Waals surface area contributed by atoms with E-state index in [4.69, 9.17) is 10.1 Å². The lowest BCUT2D eigenvalue weighted by Gasteiger charge is -2.34. The molecule has 1 aromatic carbocycles. The van der Waals surface area contributed by atoms with Crippen molar-refractivity contribution in [2.24, 2.45) is 0 Å². The summed E-state index contributed by atoms with van der Waals surface area (Å²) in [5.74, 6) is 1.26. The fourth-order valence-corrected chi connectivity index (χ4v) is 4.82. The Labute approximate surface area is 165 Å². The lowest BCUT2D eigenvalue weighted by atomic mass is 10.1. The van der Waals surface area contributed by atoms with Crippen LogP contribution < -0.4 is 9.80 Å². The van der Waals surface area contributed by atoms with E-state index in [0.717, 1.165) is 62.5 Å². The lowest BCUT2D eigenvalue weighted by Crippen LogP contribution is -3.15. The number of quaternary nitrogens is 1. The summed E-state index contributed by atoms with van der Waals surface area (Å²) in [6.45, 7) is 7.33. The molecule has 0 unspecified atom stereocenters. The molecule has 5 rings (SSSR count). The van der Waals surface area contributed by atoms with Crippen LogP contribution in [0.1, 0.15) is 23.4 Å². The van der Waals surface area contributed by atoms with Crippen LogP contribution >= 0.6 is 0 Å². The van der Waals surface area contributed by atoms with Gasteiger partial charge in [-0.1, -0.05) is 30.3 Å². The Morgan fingerprint density at radius 3 is 2.64 bits per heavy atom. The van der Waals surface area contributed by atoms with Crippen LogP contribution in [0.25, 0.3) is 16.8 Å². The van der Waals surface area contributed by atoms with Gasteiger partial charge in [-0.2, -0.15) is 9.61 Å². The van der Waals surface area contributed by atoms with Gasteiger partial charge in [0.25, 0.3) is 0 Å². The van der Waals surface area contributed by atoms with Gasteiger partial charge in [0.1, 0.15) is 12.4 Å². The third kappa shape index (κ3) is 2.88. The molecule has 6 nitrogen and oxygen atoms in total. The number of fused-ring (bicyclic) bond motifs is 2. The standard InChI is InChI=1S/C22H27N5O/c1-16-20(17-6-3-2-4-7-17)21-23-19-9-5-8-18(19)22(27(21)24-16)26-12-10-25(11-13-26)14-15-28/h2-4,6-7,28H,5,8-15H2,1H3/p+1. The van der Waals surface area contributed by atoms with E-state index in [1.54, 1.807) is 0 Å². The molecule has 3 heterocycles. The van der Waals surface area contributed by atoms with Gasteiger partial charge in [-0.15, -0.1) is 0 Å². The van der Waals surface area contributed by atoms with Crippen LogP contribution in [-0.2, 0) is 12.8 Å². The number of rotatable bonds is 4. The van der Waals surface area contributed by atoms with Gasteiger partial charge in [0.15, 0.2) is 5.65 Å². The first-order chi connectivity index (χ1) is 13.8. The van der Waals surface area contributed by atoms with Crippen LogP contribution in [0.3, 0.4) is 0 Å². The van der Waals surface area contributed by atoms with Gasteiger partial charge in [0.2, 0.25) is 0 Å². The topological polar surface area (TPSA) is 58.1 Å². The first kappa shape index (κ1) is 17.6. The highest BCUT2D eigenvalue weighted by Crippen LogP contribution is 2.35. The maximum atomic E-state index is 9.25. The molecule has 146 valence electrons. The summed E-state index contributed by atoms with van der Waals surface area (Å²) in [5, 5.41) is 14.2. The molecule has 2 aromatic heterocycles. The maximum Gasteiger partial charge on any atom is 0.165 e. The molecule has 0 spiro atoms. The monoisotopic (exact) mass is 378 g/mol. The van der Waals surface area contributed by atoms with Crippen molar-refractivity contribution in [1.29, 1.82) is 0 Å².